The van der Waals surface area contributed by atoms with E-state index in [1.807, 2.05) is 60.7 Å². The second-order valence-corrected chi connectivity index (χ2v) is 5.94. The normalized spacial score (nSPS) is 10.3. The summed E-state index contributed by atoms with van der Waals surface area (Å²) in [5, 5.41) is 18.2. The summed E-state index contributed by atoms with van der Waals surface area (Å²) in [5.41, 5.74) is 1.79. The van der Waals surface area contributed by atoms with E-state index < -0.39 is 12.2 Å². The standard InChI is InChI=1S/C20H24N2O5/c23-14-13-21(19(24)25)11-12-22(15-17-7-3-1-4-8-17)20(26)27-16-18-9-5-2-6-10-18/h1-10,23H,11-16H2,(H,24,25). The molecular weight excluding hydrogens is 348 g/mol. The molecule has 0 saturated heterocycles. The summed E-state index contributed by atoms with van der Waals surface area (Å²) < 4.78 is 5.39. The SMILES string of the molecule is O=C(O)N(CCO)CCN(Cc1ccccc1)C(=O)OCc1ccccc1. The molecule has 0 aromatic heterocycles. The minimum Gasteiger partial charge on any atom is -0.465 e. The first-order chi connectivity index (χ1) is 13.1. The number of amides is 2. The predicted molar refractivity (Wildman–Crippen MR) is 100 cm³/mol. The highest BCUT2D eigenvalue weighted by molar-refractivity contribution is 5.68. The lowest BCUT2D eigenvalue weighted by molar-refractivity contribution is 0.0847. The number of carboxylic acid groups (broad SMARTS) is 1. The molecule has 0 aliphatic rings. The van der Waals surface area contributed by atoms with Gasteiger partial charge in [0.2, 0.25) is 0 Å². The van der Waals surface area contributed by atoms with Gasteiger partial charge in [0.15, 0.2) is 0 Å². The van der Waals surface area contributed by atoms with E-state index in [-0.39, 0.29) is 32.8 Å². The van der Waals surface area contributed by atoms with E-state index in [0.29, 0.717) is 6.54 Å². The van der Waals surface area contributed by atoms with Gasteiger partial charge in [0, 0.05) is 26.2 Å². The van der Waals surface area contributed by atoms with Crippen molar-refractivity contribution in [2.24, 2.45) is 0 Å². The Bertz CT molecular complexity index is 709. The molecule has 0 heterocycles. The van der Waals surface area contributed by atoms with Crippen molar-refractivity contribution in [3.63, 3.8) is 0 Å². The molecule has 27 heavy (non-hydrogen) atoms. The van der Waals surface area contributed by atoms with Gasteiger partial charge in [0.25, 0.3) is 0 Å². The van der Waals surface area contributed by atoms with Gasteiger partial charge in [-0.15, -0.1) is 0 Å². The van der Waals surface area contributed by atoms with Gasteiger partial charge in [-0.3, -0.25) is 0 Å². The fourth-order valence-corrected chi connectivity index (χ4v) is 2.51. The van der Waals surface area contributed by atoms with Gasteiger partial charge >= 0.3 is 12.2 Å². The number of nitrogens with zero attached hydrogens (tertiary/aromatic N) is 2. The van der Waals surface area contributed by atoms with Crippen molar-refractivity contribution in [2.75, 3.05) is 26.2 Å². The summed E-state index contributed by atoms with van der Waals surface area (Å²) in [6.07, 6.45) is -1.65. The molecule has 0 bridgehead atoms. The van der Waals surface area contributed by atoms with Gasteiger partial charge in [-0.25, -0.2) is 9.59 Å². The molecular formula is C20H24N2O5. The van der Waals surface area contributed by atoms with Gasteiger partial charge in [0.05, 0.1) is 6.61 Å². The fraction of sp³-hybridized carbons (Fsp3) is 0.300. The first-order valence-electron chi connectivity index (χ1n) is 8.68. The van der Waals surface area contributed by atoms with Crippen molar-refractivity contribution < 1.29 is 24.5 Å². The minimum absolute atomic E-state index is 0.00638. The summed E-state index contributed by atoms with van der Waals surface area (Å²) in [5.74, 6) is 0. The van der Waals surface area contributed by atoms with Crippen LogP contribution in [0.4, 0.5) is 9.59 Å². The average molecular weight is 372 g/mol. The Balaban J connectivity index is 2.01. The molecule has 0 aliphatic heterocycles. The fourth-order valence-electron chi connectivity index (χ4n) is 2.51. The lowest BCUT2D eigenvalue weighted by Crippen LogP contribution is -2.41. The van der Waals surface area contributed by atoms with Crippen molar-refractivity contribution in [2.45, 2.75) is 13.2 Å². The van der Waals surface area contributed by atoms with Gasteiger partial charge in [0.1, 0.15) is 6.61 Å². The summed E-state index contributed by atoms with van der Waals surface area (Å²) in [4.78, 5) is 26.3. The van der Waals surface area contributed by atoms with Crippen molar-refractivity contribution >= 4 is 12.2 Å². The number of rotatable bonds is 9. The molecule has 2 N–H and O–H groups in total. The highest BCUT2D eigenvalue weighted by Gasteiger charge is 2.19. The first kappa shape index (κ1) is 20.3. The van der Waals surface area contributed by atoms with Crippen LogP contribution in [0.1, 0.15) is 11.1 Å². The Labute approximate surface area is 158 Å². The van der Waals surface area contributed by atoms with Crippen LogP contribution in [0.5, 0.6) is 0 Å². The number of hydrogen-bond donors (Lipinski definition) is 2. The maximum Gasteiger partial charge on any atom is 0.410 e. The zero-order valence-corrected chi connectivity index (χ0v) is 15.0. The number of carbonyl (C=O) groups excluding carboxylic acids is 1. The number of hydrogen-bond acceptors (Lipinski definition) is 4. The van der Waals surface area contributed by atoms with Crippen molar-refractivity contribution in [1.29, 1.82) is 0 Å². The number of benzene rings is 2. The molecule has 2 aromatic rings. The Kier molecular flexibility index (Phi) is 8.12. The second kappa shape index (κ2) is 10.8. The maximum atomic E-state index is 12.5. The third kappa shape index (κ3) is 6.99. The minimum atomic E-state index is -1.14. The summed E-state index contributed by atoms with van der Waals surface area (Å²) in [6.45, 7) is 0.417. The van der Waals surface area contributed by atoms with Crippen LogP contribution < -0.4 is 0 Å². The quantitative estimate of drug-likeness (QED) is 0.706. The third-order valence-electron chi connectivity index (χ3n) is 3.96. The van der Waals surface area contributed by atoms with E-state index in [4.69, 9.17) is 9.84 Å². The lowest BCUT2D eigenvalue weighted by atomic mass is 10.2. The maximum absolute atomic E-state index is 12.5. The monoisotopic (exact) mass is 372 g/mol. The average Bonchev–Trinajstić information content (AvgIpc) is 2.69. The second-order valence-electron chi connectivity index (χ2n) is 5.94. The van der Waals surface area contributed by atoms with E-state index in [1.54, 1.807) is 0 Å². The first-order valence-corrected chi connectivity index (χ1v) is 8.68. The summed E-state index contributed by atoms with van der Waals surface area (Å²) >= 11 is 0. The van der Waals surface area contributed by atoms with E-state index in [0.717, 1.165) is 16.0 Å². The largest absolute Gasteiger partial charge is 0.465 e. The highest BCUT2D eigenvalue weighted by atomic mass is 16.6. The smallest absolute Gasteiger partial charge is 0.410 e. The van der Waals surface area contributed by atoms with Gasteiger partial charge < -0.3 is 24.7 Å². The lowest BCUT2D eigenvalue weighted by Gasteiger charge is -2.25. The van der Waals surface area contributed by atoms with Gasteiger partial charge in [-0.05, 0) is 11.1 Å². The van der Waals surface area contributed by atoms with Crippen LogP contribution in [0, 0.1) is 0 Å². The van der Waals surface area contributed by atoms with E-state index in [9.17, 15) is 14.7 Å². The zero-order valence-electron chi connectivity index (χ0n) is 15.0. The molecule has 0 aliphatic carbocycles. The van der Waals surface area contributed by atoms with Gasteiger partial charge in [-0.2, -0.15) is 0 Å². The molecule has 0 spiro atoms. The topological polar surface area (TPSA) is 90.3 Å². The molecule has 2 rings (SSSR count). The molecule has 7 nitrogen and oxygen atoms in total. The number of aliphatic hydroxyl groups excluding tert-OH is 1. The number of ether oxygens (including phenoxy) is 1. The summed E-state index contributed by atoms with van der Waals surface area (Å²) in [6, 6.07) is 18.7. The van der Waals surface area contributed by atoms with E-state index in [1.165, 1.54) is 4.90 Å². The van der Waals surface area contributed by atoms with Crippen LogP contribution in [-0.4, -0.2) is 58.4 Å². The van der Waals surface area contributed by atoms with Crippen molar-refractivity contribution in [1.82, 2.24) is 9.80 Å². The Morgan fingerprint density at radius 1 is 0.815 bits per heavy atom. The highest BCUT2D eigenvalue weighted by Crippen LogP contribution is 2.09. The van der Waals surface area contributed by atoms with Crippen LogP contribution in [0.15, 0.2) is 60.7 Å². The Hall–Kier alpha value is -3.06. The number of aliphatic hydroxyl groups is 1. The van der Waals surface area contributed by atoms with E-state index in [2.05, 4.69) is 0 Å². The van der Waals surface area contributed by atoms with E-state index >= 15 is 0 Å². The van der Waals surface area contributed by atoms with Crippen LogP contribution >= 0.6 is 0 Å². The molecule has 2 amide bonds. The molecule has 0 saturated carbocycles. The molecule has 0 fully saturated rings. The van der Waals surface area contributed by atoms with Crippen LogP contribution in [0.2, 0.25) is 0 Å². The predicted octanol–water partition coefficient (Wildman–Crippen LogP) is 2.80. The van der Waals surface area contributed by atoms with Crippen LogP contribution in [0.25, 0.3) is 0 Å². The molecule has 7 heteroatoms. The number of carbonyl (C=O) groups is 2. The molecule has 0 radical (unpaired) electrons. The molecule has 2 aromatic carbocycles. The van der Waals surface area contributed by atoms with Crippen LogP contribution in [-0.2, 0) is 17.9 Å². The summed E-state index contributed by atoms with van der Waals surface area (Å²) in [7, 11) is 0. The van der Waals surface area contributed by atoms with Crippen molar-refractivity contribution in [3.05, 3.63) is 71.8 Å². The molecule has 144 valence electrons. The molecule has 0 unspecified atom stereocenters. The molecule has 0 atom stereocenters. The Morgan fingerprint density at radius 2 is 1.37 bits per heavy atom. The van der Waals surface area contributed by atoms with Crippen LogP contribution in [0.3, 0.4) is 0 Å². The zero-order chi connectivity index (χ0) is 19.5. The van der Waals surface area contributed by atoms with Gasteiger partial charge in [-0.1, -0.05) is 60.7 Å². The van der Waals surface area contributed by atoms with Crippen molar-refractivity contribution in [3.8, 4) is 0 Å². The Morgan fingerprint density at radius 3 is 1.93 bits per heavy atom. The third-order valence-corrected chi connectivity index (χ3v) is 3.96.